The monoisotopic (exact) mass is 635 g/mol. The van der Waals surface area contributed by atoms with E-state index >= 15 is 0 Å². The lowest BCUT2D eigenvalue weighted by molar-refractivity contribution is -0.139. The number of amides is 4. The van der Waals surface area contributed by atoms with Crippen molar-refractivity contribution in [3.63, 3.8) is 0 Å². The zero-order chi connectivity index (χ0) is 33.7. The van der Waals surface area contributed by atoms with E-state index in [1.165, 1.54) is 0 Å². The first-order chi connectivity index (χ1) is 22.0. The van der Waals surface area contributed by atoms with Crippen LogP contribution in [0.15, 0.2) is 60.7 Å². The summed E-state index contributed by atoms with van der Waals surface area (Å²) in [5.41, 5.74) is 10.8. The minimum atomic E-state index is -1.18. The highest BCUT2D eigenvalue weighted by Gasteiger charge is 2.45. The van der Waals surface area contributed by atoms with Gasteiger partial charge in [0.15, 0.2) is 0 Å². The zero-order valence-electron chi connectivity index (χ0n) is 27.7. The van der Waals surface area contributed by atoms with Crippen molar-refractivity contribution >= 4 is 23.6 Å². The van der Waals surface area contributed by atoms with Crippen LogP contribution in [-0.4, -0.2) is 53.6 Å². The minimum absolute atomic E-state index is 0.242. The summed E-state index contributed by atoms with van der Waals surface area (Å²) in [5, 5.41) is 15.1. The molecule has 11 heteroatoms. The van der Waals surface area contributed by atoms with Crippen molar-refractivity contribution in [1.82, 2.24) is 26.6 Å². The minimum Gasteiger partial charge on any atom is -0.343 e. The number of hydrogen-bond acceptors (Lipinski definition) is 7. The van der Waals surface area contributed by atoms with Gasteiger partial charge in [-0.25, -0.2) is 0 Å². The summed E-state index contributed by atoms with van der Waals surface area (Å²) < 4.78 is 0. The molecule has 4 amide bonds. The van der Waals surface area contributed by atoms with E-state index in [-0.39, 0.29) is 24.2 Å². The second kappa shape index (κ2) is 17.2. The van der Waals surface area contributed by atoms with E-state index in [1.54, 1.807) is 13.8 Å². The summed E-state index contributed by atoms with van der Waals surface area (Å²) >= 11 is 0. The Morgan fingerprint density at radius 2 is 1.37 bits per heavy atom. The van der Waals surface area contributed by atoms with Crippen LogP contribution in [0.5, 0.6) is 0 Å². The van der Waals surface area contributed by atoms with Crippen molar-refractivity contribution in [2.75, 3.05) is 6.54 Å². The van der Waals surface area contributed by atoms with Gasteiger partial charge in [-0.05, 0) is 56.2 Å². The number of hydrogen-bond donors (Lipinski definition) is 7. The SMILES string of the molecule is CCC(CC)(NC(=O)C(C)C)C(=O)N[C@@H](CCCNC(N)N)C(=O)NC1(C(=O)NC(c2ccccc2)c2ccccc2)CCCC1. The molecule has 0 bridgehead atoms. The molecule has 1 aliphatic rings. The molecule has 0 aromatic heterocycles. The number of nitrogens with one attached hydrogen (secondary N) is 5. The van der Waals surface area contributed by atoms with E-state index in [9.17, 15) is 19.2 Å². The van der Waals surface area contributed by atoms with Gasteiger partial charge in [0.2, 0.25) is 23.6 Å². The molecule has 252 valence electrons. The maximum atomic E-state index is 14.2. The Hall–Kier alpha value is -3.80. The molecule has 46 heavy (non-hydrogen) atoms. The fourth-order valence-corrected chi connectivity index (χ4v) is 5.95. The summed E-state index contributed by atoms with van der Waals surface area (Å²) in [5.74, 6) is -1.71. The summed E-state index contributed by atoms with van der Waals surface area (Å²) in [4.78, 5) is 54.7. The van der Waals surface area contributed by atoms with E-state index in [0.717, 1.165) is 24.0 Å². The molecule has 11 nitrogen and oxygen atoms in total. The van der Waals surface area contributed by atoms with Crippen LogP contribution in [0.2, 0.25) is 0 Å². The van der Waals surface area contributed by atoms with Gasteiger partial charge in [-0.15, -0.1) is 0 Å². The predicted octanol–water partition coefficient (Wildman–Crippen LogP) is 2.71. The summed E-state index contributed by atoms with van der Waals surface area (Å²) in [7, 11) is 0. The average Bonchev–Trinajstić information content (AvgIpc) is 3.53. The van der Waals surface area contributed by atoms with Crippen LogP contribution in [0.3, 0.4) is 0 Å². The van der Waals surface area contributed by atoms with Gasteiger partial charge in [0.05, 0.1) is 6.04 Å². The fourth-order valence-electron chi connectivity index (χ4n) is 5.95. The molecule has 0 unspecified atom stereocenters. The summed E-state index contributed by atoms with van der Waals surface area (Å²) in [6.45, 7) is 7.62. The molecule has 1 atom stereocenters. The van der Waals surface area contributed by atoms with Gasteiger partial charge in [0.25, 0.3) is 0 Å². The number of rotatable bonds is 17. The molecule has 2 aromatic carbocycles. The van der Waals surface area contributed by atoms with E-state index in [1.807, 2.05) is 74.5 Å². The molecular weight excluding hydrogens is 582 g/mol. The third-order valence-corrected chi connectivity index (χ3v) is 9.00. The Morgan fingerprint density at radius 1 is 0.826 bits per heavy atom. The van der Waals surface area contributed by atoms with Gasteiger partial charge in [-0.1, -0.05) is 101 Å². The van der Waals surface area contributed by atoms with Crippen LogP contribution in [0.25, 0.3) is 0 Å². The van der Waals surface area contributed by atoms with Crippen molar-refractivity contribution in [2.24, 2.45) is 17.4 Å². The van der Waals surface area contributed by atoms with Crippen LogP contribution in [0, 0.1) is 5.92 Å². The number of nitrogens with two attached hydrogens (primary N) is 2. The topological polar surface area (TPSA) is 180 Å². The van der Waals surface area contributed by atoms with E-state index in [0.29, 0.717) is 38.6 Å². The van der Waals surface area contributed by atoms with Gasteiger partial charge >= 0.3 is 0 Å². The molecular formula is C35H53N7O4. The van der Waals surface area contributed by atoms with Crippen molar-refractivity contribution in [3.05, 3.63) is 71.8 Å². The van der Waals surface area contributed by atoms with Gasteiger partial charge in [-0.2, -0.15) is 0 Å². The lowest BCUT2D eigenvalue weighted by atomic mass is 9.89. The summed E-state index contributed by atoms with van der Waals surface area (Å²) in [6.07, 6.45) is 3.24. The molecule has 1 fully saturated rings. The Bertz CT molecular complexity index is 1240. The van der Waals surface area contributed by atoms with Crippen LogP contribution in [0.1, 0.15) is 96.2 Å². The second-order valence-corrected chi connectivity index (χ2v) is 12.6. The maximum absolute atomic E-state index is 14.2. The number of carbonyl (C=O) groups excluding carboxylic acids is 4. The molecule has 1 aliphatic carbocycles. The van der Waals surface area contributed by atoms with Crippen LogP contribution >= 0.6 is 0 Å². The first-order valence-electron chi connectivity index (χ1n) is 16.6. The van der Waals surface area contributed by atoms with E-state index in [4.69, 9.17) is 11.5 Å². The smallest absolute Gasteiger partial charge is 0.246 e. The fraction of sp³-hybridized carbons (Fsp3) is 0.543. The van der Waals surface area contributed by atoms with Crippen LogP contribution in [-0.2, 0) is 19.2 Å². The highest BCUT2D eigenvalue weighted by Crippen LogP contribution is 2.32. The van der Waals surface area contributed by atoms with Gasteiger partial charge in [0, 0.05) is 5.92 Å². The van der Waals surface area contributed by atoms with Gasteiger partial charge in [0.1, 0.15) is 23.4 Å². The molecule has 0 saturated heterocycles. The number of carbonyl (C=O) groups is 4. The highest BCUT2D eigenvalue weighted by molar-refractivity contribution is 5.97. The van der Waals surface area contributed by atoms with Crippen LogP contribution in [0.4, 0.5) is 0 Å². The van der Waals surface area contributed by atoms with Crippen molar-refractivity contribution in [1.29, 1.82) is 0 Å². The summed E-state index contributed by atoms with van der Waals surface area (Å²) in [6, 6.07) is 18.1. The van der Waals surface area contributed by atoms with E-state index in [2.05, 4.69) is 26.6 Å². The standard InChI is InChI=1S/C35H53N7O4/c1-5-34(6-2,41-29(43)24(3)4)31(45)39-27(20-15-23-38-33(36)37)30(44)42-35(21-13-14-22-35)32(46)40-28(25-16-9-7-10-17-25)26-18-11-8-12-19-26/h7-12,16-19,24,27-28,33,38H,5-6,13-15,20-23,36-37H2,1-4H3,(H,39,45)(H,40,46)(H,41,43)(H,42,44)/t27-/m0/s1. The normalized spacial score (nSPS) is 15.1. The second-order valence-electron chi connectivity index (χ2n) is 12.6. The molecule has 0 heterocycles. The van der Waals surface area contributed by atoms with Gasteiger partial charge in [-0.3, -0.25) is 24.5 Å². The Morgan fingerprint density at radius 3 is 1.85 bits per heavy atom. The molecule has 0 radical (unpaired) electrons. The van der Waals surface area contributed by atoms with Gasteiger partial charge < -0.3 is 32.7 Å². The molecule has 0 spiro atoms. The predicted molar refractivity (Wildman–Crippen MR) is 180 cm³/mol. The first kappa shape index (κ1) is 36.7. The Kier molecular flexibility index (Phi) is 13.7. The first-order valence-corrected chi connectivity index (χ1v) is 16.6. The highest BCUT2D eigenvalue weighted by atomic mass is 16.2. The molecule has 0 aliphatic heterocycles. The Labute approximate surface area is 273 Å². The third-order valence-electron chi connectivity index (χ3n) is 9.00. The number of benzene rings is 2. The zero-order valence-corrected chi connectivity index (χ0v) is 27.7. The van der Waals surface area contributed by atoms with Crippen molar-refractivity contribution in [3.8, 4) is 0 Å². The van der Waals surface area contributed by atoms with E-state index < -0.39 is 41.3 Å². The quantitative estimate of drug-likeness (QED) is 0.103. The molecule has 9 N–H and O–H groups in total. The van der Waals surface area contributed by atoms with Crippen molar-refractivity contribution < 1.29 is 19.2 Å². The van der Waals surface area contributed by atoms with Crippen molar-refractivity contribution in [2.45, 2.75) is 109 Å². The molecule has 1 saturated carbocycles. The molecule has 3 rings (SSSR count). The average molecular weight is 636 g/mol. The lowest BCUT2D eigenvalue weighted by Gasteiger charge is -2.36. The lowest BCUT2D eigenvalue weighted by Crippen LogP contribution is -2.64. The molecule has 2 aromatic rings. The van der Waals surface area contributed by atoms with Crippen LogP contribution < -0.4 is 38.1 Å². The Balaban J connectivity index is 1.87. The maximum Gasteiger partial charge on any atom is 0.246 e. The third kappa shape index (κ3) is 9.60. The largest absolute Gasteiger partial charge is 0.343 e.